The topological polar surface area (TPSA) is 113 Å². The molecule has 25 heavy (non-hydrogen) atoms. The van der Waals surface area contributed by atoms with Gasteiger partial charge in [0.15, 0.2) is 0 Å². The fourth-order valence-corrected chi connectivity index (χ4v) is 2.62. The number of carbonyl (C=O) groups excluding carboxylic acids is 1. The molecule has 1 fully saturated rings. The molecule has 0 aliphatic carbocycles. The summed E-state index contributed by atoms with van der Waals surface area (Å²) in [6.07, 6.45) is 3.03. The van der Waals surface area contributed by atoms with Crippen LogP contribution >= 0.6 is 0 Å². The van der Waals surface area contributed by atoms with Gasteiger partial charge in [0.2, 0.25) is 11.6 Å². The molecule has 2 N–H and O–H groups in total. The van der Waals surface area contributed by atoms with E-state index in [1.807, 2.05) is 0 Å². The van der Waals surface area contributed by atoms with Crippen LogP contribution in [-0.2, 0) is 0 Å². The summed E-state index contributed by atoms with van der Waals surface area (Å²) in [5, 5.41) is 11.5. The smallest absolute Gasteiger partial charge is 0.351 e. The van der Waals surface area contributed by atoms with Gasteiger partial charge in [-0.15, -0.1) is 0 Å². The van der Waals surface area contributed by atoms with E-state index in [0.717, 1.165) is 18.9 Å². The number of benzene rings is 1. The largest absolute Gasteiger partial charge is 0.355 e. The minimum absolute atomic E-state index is 0.161. The SMILES string of the molecule is O=C(NNc1ncnc(N2CCCC2)c1[N+](=O)[O-])c1ccccc1F. The maximum Gasteiger partial charge on any atom is 0.355 e. The second-order valence-corrected chi connectivity index (χ2v) is 5.40. The Morgan fingerprint density at radius 3 is 2.64 bits per heavy atom. The van der Waals surface area contributed by atoms with Crippen molar-refractivity contribution in [2.75, 3.05) is 23.4 Å². The average Bonchev–Trinajstić information content (AvgIpc) is 3.14. The van der Waals surface area contributed by atoms with Gasteiger partial charge in [-0.25, -0.2) is 14.4 Å². The summed E-state index contributed by atoms with van der Waals surface area (Å²) in [6.45, 7) is 1.33. The molecule has 0 atom stereocenters. The standard InChI is InChI=1S/C15H15FN6O3/c16-11-6-2-1-5-10(11)15(23)20-19-13-12(22(24)25)14(18-9-17-13)21-7-3-4-8-21/h1-2,5-6,9H,3-4,7-8H2,(H,20,23)(H,17,18,19). The third-order valence-corrected chi connectivity index (χ3v) is 3.80. The van der Waals surface area contributed by atoms with E-state index in [0.29, 0.717) is 13.1 Å². The molecule has 2 heterocycles. The number of hydrazine groups is 1. The number of nitro groups is 1. The van der Waals surface area contributed by atoms with Crippen LogP contribution in [0.1, 0.15) is 23.2 Å². The van der Waals surface area contributed by atoms with Crippen LogP contribution in [0, 0.1) is 15.9 Å². The molecule has 1 aliphatic heterocycles. The summed E-state index contributed by atoms with van der Waals surface area (Å²) in [5.41, 5.74) is 4.10. The zero-order chi connectivity index (χ0) is 17.8. The Labute approximate surface area is 142 Å². The second kappa shape index (κ2) is 7.07. The predicted octanol–water partition coefficient (Wildman–Crippen LogP) is 1.88. The number of anilines is 2. The number of aromatic nitrogens is 2. The first-order valence-electron chi connectivity index (χ1n) is 7.63. The molecule has 10 heteroatoms. The molecule has 1 saturated heterocycles. The summed E-state index contributed by atoms with van der Waals surface area (Å²) in [4.78, 5) is 32.5. The molecule has 9 nitrogen and oxygen atoms in total. The van der Waals surface area contributed by atoms with Crippen LogP contribution in [0.5, 0.6) is 0 Å². The monoisotopic (exact) mass is 346 g/mol. The molecule has 3 rings (SSSR count). The van der Waals surface area contributed by atoms with Crippen molar-refractivity contribution >= 4 is 23.2 Å². The van der Waals surface area contributed by atoms with E-state index in [2.05, 4.69) is 20.8 Å². The quantitative estimate of drug-likeness (QED) is 0.627. The maximum atomic E-state index is 13.6. The number of hydrogen-bond acceptors (Lipinski definition) is 7. The van der Waals surface area contributed by atoms with Crippen molar-refractivity contribution in [1.29, 1.82) is 0 Å². The van der Waals surface area contributed by atoms with Crippen molar-refractivity contribution in [2.24, 2.45) is 0 Å². The minimum atomic E-state index is -0.770. The summed E-state index contributed by atoms with van der Waals surface area (Å²) in [5.74, 6) is -1.43. The van der Waals surface area contributed by atoms with Gasteiger partial charge in [-0.05, 0) is 25.0 Å². The van der Waals surface area contributed by atoms with Gasteiger partial charge >= 0.3 is 5.69 Å². The fraction of sp³-hybridized carbons (Fsp3) is 0.267. The summed E-state index contributed by atoms with van der Waals surface area (Å²) in [6, 6.07) is 5.41. The third-order valence-electron chi connectivity index (χ3n) is 3.80. The average molecular weight is 346 g/mol. The Kier molecular flexibility index (Phi) is 4.68. The van der Waals surface area contributed by atoms with Crippen LogP contribution in [0.15, 0.2) is 30.6 Å². The minimum Gasteiger partial charge on any atom is -0.351 e. The Morgan fingerprint density at radius 1 is 1.24 bits per heavy atom. The van der Waals surface area contributed by atoms with Crippen LogP contribution < -0.4 is 15.8 Å². The third kappa shape index (κ3) is 3.47. The summed E-state index contributed by atoms with van der Waals surface area (Å²) >= 11 is 0. The summed E-state index contributed by atoms with van der Waals surface area (Å²) in [7, 11) is 0. The van der Waals surface area contributed by atoms with Gasteiger partial charge in [-0.3, -0.25) is 25.8 Å². The molecular formula is C15H15FN6O3. The highest BCUT2D eigenvalue weighted by atomic mass is 19.1. The van der Waals surface area contributed by atoms with Crippen molar-refractivity contribution in [1.82, 2.24) is 15.4 Å². The van der Waals surface area contributed by atoms with Crippen LogP contribution in [-0.4, -0.2) is 33.9 Å². The number of carbonyl (C=O) groups is 1. The van der Waals surface area contributed by atoms with E-state index < -0.39 is 16.6 Å². The molecule has 130 valence electrons. The van der Waals surface area contributed by atoms with Gasteiger partial charge in [0.25, 0.3) is 5.91 Å². The van der Waals surface area contributed by atoms with E-state index >= 15 is 0 Å². The lowest BCUT2D eigenvalue weighted by Gasteiger charge is -2.17. The van der Waals surface area contributed by atoms with Crippen LogP contribution in [0.4, 0.5) is 21.7 Å². The molecule has 1 aromatic heterocycles. The Bertz CT molecular complexity index is 810. The summed E-state index contributed by atoms with van der Waals surface area (Å²) < 4.78 is 13.6. The first-order chi connectivity index (χ1) is 12.1. The van der Waals surface area contributed by atoms with Crippen LogP contribution in [0.25, 0.3) is 0 Å². The lowest BCUT2D eigenvalue weighted by Crippen LogP contribution is -2.31. The zero-order valence-corrected chi connectivity index (χ0v) is 13.1. The first kappa shape index (κ1) is 16.6. The fourth-order valence-electron chi connectivity index (χ4n) is 2.62. The lowest BCUT2D eigenvalue weighted by molar-refractivity contribution is -0.383. The van der Waals surface area contributed by atoms with Gasteiger partial charge in [0.05, 0.1) is 10.5 Å². The van der Waals surface area contributed by atoms with Gasteiger partial charge in [0, 0.05) is 13.1 Å². The van der Waals surface area contributed by atoms with Crippen molar-refractivity contribution in [3.8, 4) is 0 Å². The van der Waals surface area contributed by atoms with E-state index in [9.17, 15) is 19.3 Å². The molecule has 1 amide bonds. The number of nitrogens with one attached hydrogen (secondary N) is 2. The lowest BCUT2D eigenvalue weighted by atomic mass is 10.2. The first-order valence-corrected chi connectivity index (χ1v) is 7.63. The molecule has 0 spiro atoms. The highest BCUT2D eigenvalue weighted by Gasteiger charge is 2.28. The van der Waals surface area contributed by atoms with E-state index in [1.54, 1.807) is 4.90 Å². The highest BCUT2D eigenvalue weighted by Crippen LogP contribution is 2.33. The molecule has 0 saturated carbocycles. The Balaban J connectivity index is 1.82. The van der Waals surface area contributed by atoms with Crippen LogP contribution in [0.2, 0.25) is 0 Å². The highest BCUT2D eigenvalue weighted by molar-refractivity contribution is 5.95. The van der Waals surface area contributed by atoms with Crippen molar-refractivity contribution in [3.05, 3.63) is 52.1 Å². The number of rotatable bonds is 5. The molecule has 1 aromatic carbocycles. The number of hydrogen-bond donors (Lipinski definition) is 2. The van der Waals surface area contributed by atoms with Gasteiger partial charge in [-0.1, -0.05) is 12.1 Å². The van der Waals surface area contributed by atoms with Gasteiger partial charge in [0.1, 0.15) is 12.1 Å². The van der Waals surface area contributed by atoms with E-state index in [1.165, 1.54) is 24.5 Å². The molecule has 2 aromatic rings. The molecule has 0 radical (unpaired) electrons. The van der Waals surface area contributed by atoms with Gasteiger partial charge < -0.3 is 4.90 Å². The number of halogens is 1. The zero-order valence-electron chi connectivity index (χ0n) is 13.1. The Morgan fingerprint density at radius 2 is 1.96 bits per heavy atom. The second-order valence-electron chi connectivity index (χ2n) is 5.40. The maximum absolute atomic E-state index is 13.6. The van der Waals surface area contributed by atoms with E-state index in [4.69, 9.17) is 0 Å². The molecule has 0 bridgehead atoms. The molecule has 0 unspecified atom stereocenters. The van der Waals surface area contributed by atoms with Crippen molar-refractivity contribution < 1.29 is 14.1 Å². The van der Waals surface area contributed by atoms with Crippen LogP contribution in [0.3, 0.4) is 0 Å². The van der Waals surface area contributed by atoms with Crippen molar-refractivity contribution in [3.63, 3.8) is 0 Å². The van der Waals surface area contributed by atoms with Gasteiger partial charge in [-0.2, -0.15) is 0 Å². The number of amides is 1. The molecular weight excluding hydrogens is 331 g/mol. The Hall–Kier alpha value is -3.30. The van der Waals surface area contributed by atoms with E-state index in [-0.39, 0.29) is 22.9 Å². The number of nitrogens with zero attached hydrogens (tertiary/aromatic N) is 4. The normalized spacial score (nSPS) is 13.6. The predicted molar refractivity (Wildman–Crippen MR) is 87.6 cm³/mol. The molecule has 1 aliphatic rings. The van der Waals surface area contributed by atoms with Crippen molar-refractivity contribution in [2.45, 2.75) is 12.8 Å².